The Kier molecular flexibility index (Phi) is 4.61. The quantitative estimate of drug-likeness (QED) is 0.745. The van der Waals surface area contributed by atoms with Crippen molar-refractivity contribution in [3.63, 3.8) is 0 Å². The van der Waals surface area contributed by atoms with Crippen LogP contribution in [0, 0.1) is 0 Å². The number of allylic oxidation sites excluding steroid dienone is 1. The van der Waals surface area contributed by atoms with Gasteiger partial charge < -0.3 is 0 Å². The van der Waals surface area contributed by atoms with E-state index in [9.17, 15) is 0 Å². The van der Waals surface area contributed by atoms with Gasteiger partial charge in [0, 0.05) is 0 Å². The van der Waals surface area contributed by atoms with Crippen molar-refractivity contribution in [3.05, 3.63) is 82.8 Å². The number of hydrogen-bond acceptors (Lipinski definition) is 0. The van der Waals surface area contributed by atoms with Crippen LogP contribution in [0.4, 0.5) is 0 Å². The van der Waals surface area contributed by atoms with Crippen LogP contribution in [0.2, 0.25) is 0 Å². The molecule has 0 aromatic heterocycles. The molecule has 0 nitrogen and oxygen atoms in total. The van der Waals surface area contributed by atoms with Gasteiger partial charge in [-0.15, -0.1) is 0 Å². The van der Waals surface area contributed by atoms with Gasteiger partial charge in [0.15, 0.2) is 0 Å². The fraction of sp³-hybridized carbons (Fsp3) is 0.125. The molecule has 0 N–H and O–H groups in total. The van der Waals surface area contributed by atoms with Crippen LogP contribution in [0.3, 0.4) is 0 Å². The Labute approximate surface area is 110 Å². The van der Waals surface area contributed by atoms with Gasteiger partial charge in [-0.3, -0.25) is 0 Å². The Hall–Kier alpha value is -1.30. The van der Waals surface area contributed by atoms with Crippen molar-refractivity contribution in [3.8, 4) is 0 Å². The second-order valence-corrected chi connectivity index (χ2v) is 5.94. The molecule has 0 aliphatic heterocycles. The van der Waals surface area contributed by atoms with Crippen molar-refractivity contribution < 1.29 is 0 Å². The zero-order valence-corrected chi connectivity index (χ0v) is 11.6. The molecule has 1 heteroatoms. The van der Waals surface area contributed by atoms with E-state index in [1.165, 1.54) is 11.1 Å². The van der Waals surface area contributed by atoms with Gasteiger partial charge in [0.2, 0.25) is 0 Å². The third-order valence-electron chi connectivity index (χ3n) is 2.56. The zero-order valence-electron chi connectivity index (χ0n) is 9.91. The second-order valence-electron chi connectivity index (χ2n) is 3.81. The summed E-state index contributed by atoms with van der Waals surface area (Å²) in [6.45, 7) is 2.09. The van der Waals surface area contributed by atoms with Gasteiger partial charge in [-0.05, 0) is 0 Å². The third-order valence-corrected chi connectivity index (χ3v) is 5.17. The van der Waals surface area contributed by atoms with Gasteiger partial charge in [0.25, 0.3) is 0 Å². The Morgan fingerprint density at radius 3 is 1.71 bits per heavy atom. The van der Waals surface area contributed by atoms with Crippen molar-refractivity contribution in [2.75, 3.05) is 0 Å². The van der Waals surface area contributed by atoms with E-state index in [-0.39, 0.29) is 0 Å². The monoisotopic (exact) mass is 288 g/mol. The van der Waals surface area contributed by atoms with Gasteiger partial charge >= 0.3 is 110 Å². The first-order chi connectivity index (χ1) is 8.42. The van der Waals surface area contributed by atoms with Crippen LogP contribution in [0.25, 0.3) is 0 Å². The van der Waals surface area contributed by atoms with Gasteiger partial charge in [-0.25, -0.2) is 0 Å². The fourth-order valence-electron chi connectivity index (χ4n) is 1.76. The number of rotatable bonds is 4. The van der Waals surface area contributed by atoms with Crippen LogP contribution < -0.4 is 0 Å². The molecule has 2 rings (SSSR count). The Bertz CT molecular complexity index is 420. The fourth-order valence-corrected chi connectivity index (χ4v) is 3.74. The van der Waals surface area contributed by atoms with Crippen LogP contribution in [-0.4, -0.2) is 15.0 Å². The van der Waals surface area contributed by atoms with Gasteiger partial charge in [-0.2, -0.15) is 0 Å². The van der Waals surface area contributed by atoms with Gasteiger partial charge in [-0.1, -0.05) is 0 Å². The number of benzene rings is 2. The topological polar surface area (TPSA) is 0 Å². The summed E-state index contributed by atoms with van der Waals surface area (Å²) in [5.41, 5.74) is 2.83. The van der Waals surface area contributed by atoms with E-state index in [4.69, 9.17) is 0 Å². The first-order valence-electron chi connectivity index (χ1n) is 5.78. The van der Waals surface area contributed by atoms with Crippen LogP contribution in [0.15, 0.2) is 71.7 Å². The molecule has 17 heavy (non-hydrogen) atoms. The molecule has 0 bridgehead atoms. The predicted molar refractivity (Wildman–Crippen MR) is 75.3 cm³/mol. The summed E-state index contributed by atoms with van der Waals surface area (Å²) in [4.78, 5) is 2.83. The van der Waals surface area contributed by atoms with Crippen LogP contribution in [0.1, 0.15) is 22.9 Å². The minimum atomic E-state index is 0.470. The summed E-state index contributed by atoms with van der Waals surface area (Å²) in [6.07, 6.45) is 2.15. The first-order valence-corrected chi connectivity index (χ1v) is 7.76. The maximum atomic E-state index is 2.30. The van der Waals surface area contributed by atoms with Crippen molar-refractivity contribution in [1.29, 1.82) is 0 Å². The summed E-state index contributed by atoms with van der Waals surface area (Å²) in [5.74, 6) is 0. The summed E-state index contributed by atoms with van der Waals surface area (Å²) in [5, 5.41) is 0. The third kappa shape index (κ3) is 3.33. The molecular formula is C16H16Se. The molecule has 0 radical (unpaired) electrons. The van der Waals surface area contributed by atoms with E-state index < -0.39 is 0 Å². The second kappa shape index (κ2) is 6.44. The molecule has 0 aliphatic carbocycles. The molecule has 0 unspecified atom stereocenters. The van der Waals surface area contributed by atoms with Crippen molar-refractivity contribution in [2.24, 2.45) is 0 Å². The molecule has 2 aromatic carbocycles. The molecule has 0 saturated carbocycles. The summed E-state index contributed by atoms with van der Waals surface area (Å²) in [7, 11) is 0. The minimum absolute atomic E-state index is 0.470. The Morgan fingerprint density at radius 2 is 1.29 bits per heavy atom. The van der Waals surface area contributed by atoms with E-state index in [1.54, 1.807) is 0 Å². The first kappa shape index (κ1) is 12.2. The predicted octanol–water partition coefficient (Wildman–Crippen LogP) is 4.01. The van der Waals surface area contributed by atoms with E-state index in [1.807, 2.05) is 0 Å². The van der Waals surface area contributed by atoms with Crippen LogP contribution >= 0.6 is 0 Å². The summed E-state index contributed by atoms with van der Waals surface area (Å²) in [6, 6.07) is 21.5. The van der Waals surface area contributed by atoms with Crippen molar-refractivity contribution in [1.82, 2.24) is 0 Å². The average molecular weight is 287 g/mol. The molecule has 0 heterocycles. The van der Waals surface area contributed by atoms with Crippen LogP contribution in [-0.2, 0) is 0 Å². The SMILES string of the molecule is CC=C[Se]C(c1ccccc1)c1ccccc1. The average Bonchev–Trinajstić information content (AvgIpc) is 2.42. The molecule has 0 atom stereocenters. The van der Waals surface area contributed by atoms with E-state index in [2.05, 4.69) is 78.6 Å². The molecule has 2 aromatic rings. The van der Waals surface area contributed by atoms with Gasteiger partial charge in [0.1, 0.15) is 0 Å². The summed E-state index contributed by atoms with van der Waals surface area (Å²) < 4.78 is 0. The van der Waals surface area contributed by atoms with E-state index >= 15 is 0 Å². The van der Waals surface area contributed by atoms with E-state index in [0.717, 1.165) is 0 Å². The van der Waals surface area contributed by atoms with Crippen LogP contribution in [0.5, 0.6) is 0 Å². The maximum absolute atomic E-state index is 2.30. The normalized spacial score (nSPS) is 11.2. The summed E-state index contributed by atoms with van der Waals surface area (Å²) >= 11 is 0.470. The molecule has 0 saturated heterocycles. The molecule has 86 valence electrons. The Balaban J connectivity index is 2.32. The molecule has 0 spiro atoms. The zero-order chi connectivity index (χ0) is 11.9. The molecular weight excluding hydrogens is 271 g/mol. The van der Waals surface area contributed by atoms with Gasteiger partial charge in [0.05, 0.1) is 0 Å². The van der Waals surface area contributed by atoms with Crippen molar-refractivity contribution in [2.45, 2.75) is 11.7 Å². The van der Waals surface area contributed by atoms with Crippen molar-refractivity contribution >= 4 is 15.0 Å². The Morgan fingerprint density at radius 1 is 0.824 bits per heavy atom. The molecule has 0 fully saturated rings. The van der Waals surface area contributed by atoms with E-state index in [0.29, 0.717) is 19.8 Å². The standard InChI is InChI=1S/C16H16Se/c1-2-13-17-16(14-9-5-3-6-10-14)15-11-7-4-8-12-15/h2-13,16H,1H3. The molecule has 0 aliphatic rings. The molecule has 0 amide bonds. The number of hydrogen-bond donors (Lipinski definition) is 0.